The van der Waals surface area contributed by atoms with Crippen molar-refractivity contribution in [2.24, 2.45) is 11.8 Å². The summed E-state index contributed by atoms with van der Waals surface area (Å²) in [6.45, 7) is 4.10. The molecule has 1 amide bonds. The molecule has 0 saturated carbocycles. The number of halogens is 1. The number of carbonyl (C=O) groups excluding carboxylic acids is 2. The minimum atomic E-state index is -0.459. The normalized spacial score (nSPS) is 14.9. The SMILES string of the molecule is COC(=O)c1cc(CNC(=O)C(C)C2CNC2)ccc1OC.Cl. The Balaban J connectivity index is 0.00000264. The standard InChI is InChI=1S/C16H22N2O4.ClH/c1-10(12-8-17-9-12)15(19)18-7-11-4-5-14(21-2)13(6-11)16(20)22-3;/h4-6,10,12,17H,7-9H2,1-3H3,(H,18,19);1H. The quantitative estimate of drug-likeness (QED) is 0.764. The molecular weight excluding hydrogens is 320 g/mol. The monoisotopic (exact) mass is 342 g/mol. The van der Waals surface area contributed by atoms with Crippen LogP contribution in [0.1, 0.15) is 22.8 Å². The zero-order valence-electron chi connectivity index (χ0n) is 13.5. The molecule has 1 fully saturated rings. The molecule has 23 heavy (non-hydrogen) atoms. The number of methoxy groups -OCH3 is 2. The van der Waals surface area contributed by atoms with Gasteiger partial charge in [-0.15, -0.1) is 12.4 Å². The zero-order chi connectivity index (χ0) is 16.1. The Morgan fingerprint density at radius 1 is 1.35 bits per heavy atom. The molecule has 1 aliphatic rings. The summed E-state index contributed by atoms with van der Waals surface area (Å²) in [6.07, 6.45) is 0. The van der Waals surface area contributed by atoms with Crippen LogP contribution in [0.5, 0.6) is 5.75 Å². The van der Waals surface area contributed by atoms with Crippen molar-refractivity contribution in [2.75, 3.05) is 27.3 Å². The van der Waals surface area contributed by atoms with Crippen molar-refractivity contribution in [1.82, 2.24) is 10.6 Å². The van der Waals surface area contributed by atoms with E-state index in [9.17, 15) is 9.59 Å². The van der Waals surface area contributed by atoms with Gasteiger partial charge in [-0.1, -0.05) is 13.0 Å². The lowest BCUT2D eigenvalue weighted by Gasteiger charge is -2.31. The van der Waals surface area contributed by atoms with Crippen molar-refractivity contribution >= 4 is 24.3 Å². The third-order valence-electron chi connectivity index (χ3n) is 4.07. The van der Waals surface area contributed by atoms with Crippen molar-refractivity contribution < 1.29 is 19.1 Å². The fourth-order valence-electron chi connectivity index (χ4n) is 2.36. The minimum absolute atomic E-state index is 0. The number of benzene rings is 1. The Bertz CT molecular complexity index is 561. The summed E-state index contributed by atoms with van der Waals surface area (Å²) in [5.41, 5.74) is 1.18. The summed E-state index contributed by atoms with van der Waals surface area (Å²) in [5, 5.41) is 6.07. The van der Waals surface area contributed by atoms with Crippen LogP contribution < -0.4 is 15.4 Å². The molecule has 0 spiro atoms. The highest BCUT2D eigenvalue weighted by atomic mass is 35.5. The molecule has 0 aromatic heterocycles. The lowest BCUT2D eigenvalue weighted by Crippen LogP contribution is -2.49. The van der Waals surface area contributed by atoms with Crippen LogP contribution in [-0.4, -0.2) is 39.2 Å². The molecule has 7 heteroatoms. The van der Waals surface area contributed by atoms with E-state index in [0.717, 1.165) is 18.7 Å². The van der Waals surface area contributed by atoms with Gasteiger partial charge in [0, 0.05) is 12.5 Å². The van der Waals surface area contributed by atoms with E-state index in [1.165, 1.54) is 14.2 Å². The van der Waals surface area contributed by atoms with Gasteiger partial charge in [-0.2, -0.15) is 0 Å². The Kier molecular flexibility index (Phi) is 7.32. The molecule has 6 nitrogen and oxygen atoms in total. The van der Waals surface area contributed by atoms with Crippen LogP contribution in [0.4, 0.5) is 0 Å². The number of carbonyl (C=O) groups is 2. The molecule has 1 saturated heterocycles. The molecule has 1 aliphatic heterocycles. The van der Waals surface area contributed by atoms with Gasteiger partial charge in [0.15, 0.2) is 0 Å². The molecule has 2 rings (SSSR count). The second-order valence-electron chi connectivity index (χ2n) is 5.45. The van der Waals surface area contributed by atoms with Gasteiger partial charge >= 0.3 is 5.97 Å². The van der Waals surface area contributed by atoms with Crippen molar-refractivity contribution in [3.05, 3.63) is 29.3 Å². The molecule has 1 heterocycles. The highest BCUT2D eigenvalue weighted by molar-refractivity contribution is 5.92. The van der Waals surface area contributed by atoms with Crippen LogP contribution in [0.15, 0.2) is 18.2 Å². The number of nitrogens with one attached hydrogen (secondary N) is 2. The minimum Gasteiger partial charge on any atom is -0.496 e. The molecule has 1 aromatic rings. The first kappa shape index (κ1) is 19.3. The first-order valence-corrected chi connectivity index (χ1v) is 7.30. The molecule has 2 N–H and O–H groups in total. The van der Waals surface area contributed by atoms with Crippen LogP contribution >= 0.6 is 12.4 Å². The maximum absolute atomic E-state index is 12.1. The molecule has 128 valence electrons. The van der Waals surface area contributed by atoms with Gasteiger partial charge in [-0.3, -0.25) is 4.79 Å². The maximum atomic E-state index is 12.1. The van der Waals surface area contributed by atoms with Crippen molar-refractivity contribution in [3.8, 4) is 5.75 Å². The van der Waals surface area contributed by atoms with Crippen molar-refractivity contribution in [2.45, 2.75) is 13.5 Å². The Morgan fingerprint density at radius 2 is 2.04 bits per heavy atom. The summed E-state index contributed by atoms with van der Waals surface area (Å²) in [4.78, 5) is 23.8. The average Bonchev–Trinajstić information content (AvgIpc) is 2.49. The van der Waals surface area contributed by atoms with Crippen LogP contribution in [0.2, 0.25) is 0 Å². The van der Waals surface area contributed by atoms with Gasteiger partial charge in [0.05, 0.1) is 14.2 Å². The van der Waals surface area contributed by atoms with Gasteiger partial charge < -0.3 is 20.1 Å². The van der Waals surface area contributed by atoms with E-state index in [1.54, 1.807) is 12.1 Å². The number of esters is 1. The first-order chi connectivity index (χ1) is 10.6. The fraction of sp³-hybridized carbons (Fsp3) is 0.500. The van der Waals surface area contributed by atoms with Gasteiger partial charge in [0.1, 0.15) is 11.3 Å². The maximum Gasteiger partial charge on any atom is 0.341 e. The Labute approximate surface area is 142 Å². The Morgan fingerprint density at radius 3 is 2.57 bits per heavy atom. The van der Waals surface area contributed by atoms with Crippen LogP contribution in [-0.2, 0) is 16.1 Å². The predicted molar refractivity (Wildman–Crippen MR) is 89.0 cm³/mol. The molecule has 0 aliphatic carbocycles. The number of hydrogen-bond donors (Lipinski definition) is 2. The first-order valence-electron chi connectivity index (χ1n) is 7.30. The zero-order valence-corrected chi connectivity index (χ0v) is 14.4. The van der Waals surface area contributed by atoms with Crippen LogP contribution in [0.3, 0.4) is 0 Å². The van der Waals surface area contributed by atoms with E-state index in [2.05, 4.69) is 10.6 Å². The van der Waals surface area contributed by atoms with Crippen LogP contribution in [0.25, 0.3) is 0 Å². The Hall–Kier alpha value is -1.79. The number of rotatable bonds is 6. The van der Waals surface area contributed by atoms with E-state index < -0.39 is 5.97 Å². The van der Waals surface area contributed by atoms with Crippen LogP contribution in [0, 0.1) is 11.8 Å². The third-order valence-corrected chi connectivity index (χ3v) is 4.07. The molecule has 1 aromatic carbocycles. The van der Waals surface area contributed by atoms with E-state index in [0.29, 0.717) is 23.8 Å². The second-order valence-corrected chi connectivity index (χ2v) is 5.45. The average molecular weight is 343 g/mol. The summed E-state index contributed by atoms with van der Waals surface area (Å²) in [5.74, 6) is 0.415. The molecule has 0 bridgehead atoms. The third kappa shape index (κ3) is 4.59. The predicted octanol–water partition coefficient (Wildman–Crippen LogP) is 1.38. The molecule has 1 atom stereocenters. The smallest absolute Gasteiger partial charge is 0.341 e. The number of hydrogen-bond acceptors (Lipinski definition) is 5. The number of ether oxygens (including phenoxy) is 2. The lowest BCUT2D eigenvalue weighted by molar-refractivity contribution is -0.126. The lowest BCUT2D eigenvalue weighted by atomic mass is 9.88. The summed E-state index contributed by atoms with van der Waals surface area (Å²) in [6, 6.07) is 5.20. The van der Waals surface area contributed by atoms with E-state index in [1.807, 2.05) is 13.0 Å². The molecule has 0 radical (unpaired) electrons. The fourth-order valence-corrected chi connectivity index (χ4v) is 2.36. The molecular formula is C16H23ClN2O4. The summed E-state index contributed by atoms with van der Waals surface area (Å²) >= 11 is 0. The van der Waals surface area contributed by atoms with E-state index in [-0.39, 0.29) is 24.2 Å². The van der Waals surface area contributed by atoms with Crippen molar-refractivity contribution in [3.63, 3.8) is 0 Å². The highest BCUT2D eigenvalue weighted by Crippen LogP contribution is 2.21. The van der Waals surface area contributed by atoms with Gasteiger partial charge in [0.25, 0.3) is 0 Å². The van der Waals surface area contributed by atoms with E-state index >= 15 is 0 Å². The number of amides is 1. The largest absolute Gasteiger partial charge is 0.496 e. The second kappa shape index (κ2) is 8.74. The summed E-state index contributed by atoms with van der Waals surface area (Å²) < 4.78 is 9.88. The van der Waals surface area contributed by atoms with E-state index in [4.69, 9.17) is 9.47 Å². The van der Waals surface area contributed by atoms with Crippen molar-refractivity contribution in [1.29, 1.82) is 0 Å². The summed E-state index contributed by atoms with van der Waals surface area (Å²) in [7, 11) is 2.82. The van der Waals surface area contributed by atoms with Gasteiger partial charge in [-0.05, 0) is 36.7 Å². The topological polar surface area (TPSA) is 76.7 Å². The molecule has 1 unspecified atom stereocenters. The highest BCUT2D eigenvalue weighted by Gasteiger charge is 2.28. The van der Waals surface area contributed by atoms with Gasteiger partial charge in [0.2, 0.25) is 5.91 Å². The van der Waals surface area contributed by atoms with Gasteiger partial charge in [-0.25, -0.2) is 4.79 Å².